The molecule has 0 N–H and O–H groups in total. The van der Waals surface area contributed by atoms with Crippen molar-refractivity contribution in [2.75, 3.05) is 0 Å². The van der Waals surface area contributed by atoms with E-state index in [4.69, 9.17) is 0 Å². The first-order chi connectivity index (χ1) is 9.43. The summed E-state index contributed by atoms with van der Waals surface area (Å²) in [6.45, 7) is 0. The molecule has 0 spiro atoms. The smallest absolute Gasteiger partial charge is 0.0521 e. The van der Waals surface area contributed by atoms with Gasteiger partial charge in [0.1, 0.15) is 0 Å². The second kappa shape index (κ2) is 5.40. The molecular formula is C18H15N. The van der Waals surface area contributed by atoms with E-state index in [1.807, 2.05) is 18.2 Å². The Kier molecular flexibility index (Phi) is 3.28. The lowest BCUT2D eigenvalue weighted by atomic mass is 10.1. The maximum atomic E-state index is 2.16. The maximum absolute atomic E-state index is 2.16. The van der Waals surface area contributed by atoms with Crippen molar-refractivity contribution in [2.45, 2.75) is 0 Å². The molecule has 1 aromatic heterocycles. The van der Waals surface area contributed by atoms with Crippen molar-refractivity contribution in [2.24, 2.45) is 0 Å². The molecule has 92 valence electrons. The van der Waals surface area contributed by atoms with Crippen LogP contribution in [-0.2, 0) is 0 Å². The van der Waals surface area contributed by atoms with Gasteiger partial charge in [0.05, 0.1) is 5.69 Å². The summed E-state index contributed by atoms with van der Waals surface area (Å²) in [4.78, 5) is 0. The monoisotopic (exact) mass is 245 g/mol. The van der Waals surface area contributed by atoms with Crippen LogP contribution in [0.2, 0.25) is 0 Å². The fourth-order valence-electron chi connectivity index (χ4n) is 2.11. The van der Waals surface area contributed by atoms with E-state index in [9.17, 15) is 0 Å². The van der Waals surface area contributed by atoms with Gasteiger partial charge in [-0.3, -0.25) is 0 Å². The lowest BCUT2D eigenvalue weighted by Gasteiger charge is -2.07. The van der Waals surface area contributed by atoms with E-state index in [1.54, 1.807) is 0 Å². The standard InChI is InChI=1S/C18H15N/c1-2-8-16(9-3-1)12-13-17-10-4-5-11-18(17)19-14-6-7-15-19/h1-15H. The molecule has 0 aliphatic rings. The SMILES string of the molecule is C(=Cc1ccccc1-n1cccc1)c1ccccc1. The van der Waals surface area contributed by atoms with Crippen molar-refractivity contribution in [3.8, 4) is 5.69 Å². The number of rotatable bonds is 3. The molecule has 0 aliphatic heterocycles. The molecule has 2 aromatic carbocycles. The molecule has 0 saturated heterocycles. The van der Waals surface area contributed by atoms with Gasteiger partial charge in [-0.15, -0.1) is 0 Å². The molecule has 19 heavy (non-hydrogen) atoms. The highest BCUT2D eigenvalue weighted by Crippen LogP contribution is 2.17. The van der Waals surface area contributed by atoms with Crippen molar-refractivity contribution in [1.29, 1.82) is 0 Å². The van der Waals surface area contributed by atoms with Crippen molar-refractivity contribution in [1.82, 2.24) is 4.57 Å². The topological polar surface area (TPSA) is 4.93 Å². The molecule has 0 fully saturated rings. The van der Waals surface area contributed by atoms with Crippen LogP contribution in [0.1, 0.15) is 11.1 Å². The summed E-state index contributed by atoms with van der Waals surface area (Å²) in [5.74, 6) is 0. The van der Waals surface area contributed by atoms with Crippen LogP contribution in [0.4, 0.5) is 0 Å². The highest BCUT2D eigenvalue weighted by molar-refractivity contribution is 5.73. The molecule has 0 atom stereocenters. The van der Waals surface area contributed by atoms with Crippen molar-refractivity contribution >= 4 is 12.2 Å². The normalized spacial score (nSPS) is 10.9. The third-order valence-electron chi connectivity index (χ3n) is 3.07. The zero-order chi connectivity index (χ0) is 12.9. The Morgan fingerprint density at radius 1 is 0.632 bits per heavy atom. The molecule has 1 nitrogen and oxygen atoms in total. The second-order valence-corrected chi connectivity index (χ2v) is 4.39. The molecule has 0 amide bonds. The Hall–Kier alpha value is -2.54. The molecule has 1 heteroatoms. The Morgan fingerprint density at radius 2 is 1.32 bits per heavy atom. The van der Waals surface area contributed by atoms with Gasteiger partial charge in [0.15, 0.2) is 0 Å². The Morgan fingerprint density at radius 3 is 2.11 bits per heavy atom. The van der Waals surface area contributed by atoms with Crippen LogP contribution < -0.4 is 0 Å². The van der Waals surface area contributed by atoms with Gasteiger partial charge in [0, 0.05) is 12.4 Å². The molecule has 0 radical (unpaired) electrons. The lowest BCUT2D eigenvalue weighted by molar-refractivity contribution is 1.08. The van der Waals surface area contributed by atoms with E-state index in [2.05, 4.69) is 77.6 Å². The highest BCUT2D eigenvalue weighted by Gasteiger charge is 1.99. The Balaban J connectivity index is 1.96. The van der Waals surface area contributed by atoms with Crippen LogP contribution in [0.15, 0.2) is 79.1 Å². The number of hydrogen-bond acceptors (Lipinski definition) is 0. The van der Waals surface area contributed by atoms with Crippen molar-refractivity contribution in [3.05, 3.63) is 90.3 Å². The summed E-state index contributed by atoms with van der Waals surface area (Å²) in [5, 5.41) is 0. The molecule has 0 unspecified atom stereocenters. The van der Waals surface area contributed by atoms with Gasteiger partial charge in [0.2, 0.25) is 0 Å². The van der Waals surface area contributed by atoms with Crippen LogP contribution in [0, 0.1) is 0 Å². The molecule has 0 saturated carbocycles. The predicted molar refractivity (Wildman–Crippen MR) is 81.1 cm³/mol. The van der Waals surface area contributed by atoms with E-state index in [0.717, 1.165) is 0 Å². The minimum absolute atomic E-state index is 1.19. The first-order valence-corrected chi connectivity index (χ1v) is 6.39. The average molecular weight is 245 g/mol. The van der Waals surface area contributed by atoms with Gasteiger partial charge in [-0.1, -0.05) is 60.7 Å². The Bertz CT molecular complexity index is 664. The summed E-state index contributed by atoms with van der Waals surface area (Å²) in [7, 11) is 0. The summed E-state index contributed by atoms with van der Waals surface area (Å²) in [5.41, 5.74) is 3.62. The Labute approximate surface area is 113 Å². The lowest BCUT2D eigenvalue weighted by Crippen LogP contribution is -1.92. The minimum Gasteiger partial charge on any atom is -0.323 e. The fourth-order valence-corrected chi connectivity index (χ4v) is 2.11. The van der Waals surface area contributed by atoms with Gasteiger partial charge in [-0.05, 0) is 29.3 Å². The number of benzene rings is 2. The third kappa shape index (κ3) is 2.66. The molecule has 3 aromatic rings. The zero-order valence-corrected chi connectivity index (χ0v) is 10.6. The summed E-state index contributed by atoms with van der Waals surface area (Å²) in [6.07, 6.45) is 8.43. The molecule has 0 bridgehead atoms. The van der Waals surface area contributed by atoms with Crippen LogP contribution in [-0.4, -0.2) is 4.57 Å². The zero-order valence-electron chi connectivity index (χ0n) is 10.6. The second-order valence-electron chi connectivity index (χ2n) is 4.39. The maximum Gasteiger partial charge on any atom is 0.0521 e. The summed E-state index contributed by atoms with van der Waals surface area (Å²) >= 11 is 0. The largest absolute Gasteiger partial charge is 0.323 e. The van der Waals surface area contributed by atoms with Crippen LogP contribution in [0.25, 0.3) is 17.8 Å². The number of para-hydroxylation sites is 1. The first kappa shape index (κ1) is 11.5. The molecule has 1 heterocycles. The minimum atomic E-state index is 1.19. The summed E-state index contributed by atoms with van der Waals surface area (Å²) in [6, 6.07) is 22.8. The van der Waals surface area contributed by atoms with Gasteiger partial charge in [-0.25, -0.2) is 0 Å². The van der Waals surface area contributed by atoms with Crippen molar-refractivity contribution in [3.63, 3.8) is 0 Å². The summed E-state index contributed by atoms with van der Waals surface area (Å²) < 4.78 is 2.13. The number of nitrogens with zero attached hydrogens (tertiary/aromatic N) is 1. The van der Waals surface area contributed by atoms with Gasteiger partial charge >= 0.3 is 0 Å². The first-order valence-electron chi connectivity index (χ1n) is 6.39. The fraction of sp³-hybridized carbons (Fsp3) is 0. The molecular weight excluding hydrogens is 230 g/mol. The predicted octanol–water partition coefficient (Wildman–Crippen LogP) is 4.65. The quantitative estimate of drug-likeness (QED) is 0.592. The van der Waals surface area contributed by atoms with Gasteiger partial charge < -0.3 is 4.57 Å². The van der Waals surface area contributed by atoms with Crippen LogP contribution in [0.5, 0.6) is 0 Å². The van der Waals surface area contributed by atoms with E-state index in [0.29, 0.717) is 0 Å². The van der Waals surface area contributed by atoms with E-state index in [1.165, 1.54) is 16.8 Å². The van der Waals surface area contributed by atoms with E-state index in [-0.39, 0.29) is 0 Å². The van der Waals surface area contributed by atoms with Gasteiger partial charge in [0.25, 0.3) is 0 Å². The van der Waals surface area contributed by atoms with Crippen molar-refractivity contribution < 1.29 is 0 Å². The van der Waals surface area contributed by atoms with Crippen LogP contribution >= 0.6 is 0 Å². The van der Waals surface area contributed by atoms with E-state index >= 15 is 0 Å². The molecule has 3 rings (SSSR count). The third-order valence-corrected chi connectivity index (χ3v) is 3.07. The number of hydrogen-bond donors (Lipinski definition) is 0. The highest BCUT2D eigenvalue weighted by atomic mass is 14.9. The van der Waals surface area contributed by atoms with Crippen LogP contribution in [0.3, 0.4) is 0 Å². The van der Waals surface area contributed by atoms with Gasteiger partial charge in [-0.2, -0.15) is 0 Å². The van der Waals surface area contributed by atoms with E-state index < -0.39 is 0 Å². The average Bonchev–Trinajstić information content (AvgIpc) is 3.01. The number of aromatic nitrogens is 1. The molecule has 0 aliphatic carbocycles.